The van der Waals surface area contributed by atoms with E-state index in [-0.39, 0.29) is 0 Å². The number of carbonyl (C=O) groups is 1. The summed E-state index contributed by atoms with van der Waals surface area (Å²) < 4.78 is 55.4. The van der Waals surface area contributed by atoms with Gasteiger partial charge in [0.1, 0.15) is 10.8 Å². The molecule has 2 aromatic carbocycles. The lowest BCUT2D eigenvalue weighted by molar-refractivity contribution is -0.150. The number of rotatable bonds is 10. The summed E-state index contributed by atoms with van der Waals surface area (Å²) in [4.78, 5) is 21.2. The van der Waals surface area contributed by atoms with Crippen LogP contribution < -0.4 is 4.74 Å². The van der Waals surface area contributed by atoms with Gasteiger partial charge in [-0.25, -0.2) is 9.78 Å². The van der Waals surface area contributed by atoms with Gasteiger partial charge >= 0.3 is 12.1 Å². The highest BCUT2D eigenvalue weighted by Crippen LogP contribution is 2.36. The fourth-order valence-electron chi connectivity index (χ4n) is 4.01. The molecule has 39 heavy (non-hydrogen) atoms. The highest BCUT2D eigenvalue weighted by Gasteiger charge is 2.30. The molecule has 0 spiro atoms. The summed E-state index contributed by atoms with van der Waals surface area (Å²) in [7, 11) is 0. The molecule has 0 N–H and O–H groups in total. The molecule has 0 saturated carbocycles. The highest BCUT2D eigenvalue weighted by molar-refractivity contribution is 7.98. The minimum Gasteiger partial charge on any atom is -0.479 e. The molecule has 0 bridgehead atoms. The normalized spacial score (nSPS) is 15.2. The van der Waals surface area contributed by atoms with Crippen LogP contribution >= 0.6 is 23.1 Å². The molecular formula is C28H31F3N2O4S2. The van der Waals surface area contributed by atoms with E-state index in [1.807, 2.05) is 25.1 Å². The van der Waals surface area contributed by atoms with Gasteiger partial charge in [-0.2, -0.15) is 13.2 Å². The Morgan fingerprint density at radius 1 is 1.18 bits per heavy atom. The van der Waals surface area contributed by atoms with Crippen LogP contribution in [0.4, 0.5) is 13.2 Å². The van der Waals surface area contributed by atoms with Crippen molar-refractivity contribution in [2.75, 3.05) is 32.9 Å². The SMILES string of the molecule is CCOC(=O)C(C)Oc1ccc(SCc2sc(-c3ccc(C(F)(F)F)cc3)nc2CN2CCOCC2)cc1C. The second kappa shape index (κ2) is 13.2. The Hall–Kier alpha value is -2.60. The maximum atomic E-state index is 13.0. The van der Waals surface area contributed by atoms with Crippen LogP contribution in [0.1, 0.15) is 35.5 Å². The lowest BCUT2D eigenvalue weighted by Gasteiger charge is -2.26. The summed E-state index contributed by atoms with van der Waals surface area (Å²) in [5.74, 6) is 0.879. The predicted octanol–water partition coefficient (Wildman–Crippen LogP) is 6.59. The van der Waals surface area contributed by atoms with Crippen molar-refractivity contribution in [2.45, 2.75) is 50.2 Å². The monoisotopic (exact) mass is 580 g/mol. The Morgan fingerprint density at radius 2 is 1.90 bits per heavy atom. The zero-order valence-electron chi connectivity index (χ0n) is 22.0. The van der Waals surface area contributed by atoms with E-state index in [9.17, 15) is 18.0 Å². The van der Waals surface area contributed by atoms with Crippen LogP contribution in [0.5, 0.6) is 5.75 Å². The van der Waals surface area contributed by atoms with Crippen LogP contribution in [-0.4, -0.2) is 54.9 Å². The summed E-state index contributed by atoms with van der Waals surface area (Å²) >= 11 is 3.16. The molecule has 4 rings (SSSR count). The van der Waals surface area contributed by atoms with Gasteiger partial charge in [0.25, 0.3) is 0 Å². The van der Waals surface area contributed by atoms with Crippen molar-refractivity contribution in [2.24, 2.45) is 0 Å². The number of esters is 1. The molecule has 0 aliphatic carbocycles. The van der Waals surface area contributed by atoms with Crippen LogP contribution in [0, 0.1) is 6.92 Å². The first-order valence-electron chi connectivity index (χ1n) is 12.7. The number of morpholine rings is 1. The number of hydrogen-bond donors (Lipinski definition) is 0. The summed E-state index contributed by atoms with van der Waals surface area (Å²) in [5, 5.41) is 0.704. The van der Waals surface area contributed by atoms with Gasteiger partial charge in [0, 0.05) is 40.7 Å². The topological polar surface area (TPSA) is 60.9 Å². The maximum Gasteiger partial charge on any atom is 0.416 e. The number of halogens is 3. The molecule has 1 saturated heterocycles. The molecule has 6 nitrogen and oxygen atoms in total. The molecule has 2 heterocycles. The quantitative estimate of drug-likeness (QED) is 0.198. The van der Waals surface area contributed by atoms with E-state index in [1.165, 1.54) is 23.5 Å². The molecule has 0 amide bonds. The van der Waals surface area contributed by atoms with Crippen molar-refractivity contribution in [3.8, 4) is 16.3 Å². The first-order valence-corrected chi connectivity index (χ1v) is 14.5. The second-order valence-electron chi connectivity index (χ2n) is 9.08. The number of thiazole rings is 1. The summed E-state index contributed by atoms with van der Waals surface area (Å²) in [6.07, 6.45) is -5.08. The van der Waals surface area contributed by atoms with Crippen molar-refractivity contribution in [1.29, 1.82) is 0 Å². The number of hydrogen-bond acceptors (Lipinski definition) is 8. The van der Waals surface area contributed by atoms with Gasteiger partial charge in [-0.3, -0.25) is 4.90 Å². The molecule has 1 aliphatic heterocycles. The number of carbonyl (C=O) groups excluding carboxylic acids is 1. The van der Waals surface area contributed by atoms with Crippen LogP contribution in [0.25, 0.3) is 10.6 Å². The van der Waals surface area contributed by atoms with Gasteiger partial charge in [-0.05, 0) is 56.7 Å². The number of alkyl halides is 3. The first kappa shape index (κ1) is 29.4. The lowest BCUT2D eigenvalue weighted by Crippen LogP contribution is -2.35. The van der Waals surface area contributed by atoms with E-state index >= 15 is 0 Å². The summed E-state index contributed by atoms with van der Waals surface area (Å²) in [5.41, 5.74) is 1.83. The second-order valence-corrected chi connectivity index (χ2v) is 11.2. The predicted molar refractivity (Wildman–Crippen MR) is 146 cm³/mol. The van der Waals surface area contributed by atoms with Gasteiger partial charge in [0.05, 0.1) is 31.1 Å². The van der Waals surface area contributed by atoms with E-state index in [2.05, 4.69) is 4.90 Å². The van der Waals surface area contributed by atoms with Crippen molar-refractivity contribution < 1.29 is 32.2 Å². The average Bonchev–Trinajstić information content (AvgIpc) is 3.31. The number of benzene rings is 2. The van der Waals surface area contributed by atoms with E-state index in [0.29, 0.717) is 48.4 Å². The Kier molecular flexibility index (Phi) is 9.92. The molecule has 0 radical (unpaired) electrons. The van der Waals surface area contributed by atoms with Crippen molar-refractivity contribution in [1.82, 2.24) is 9.88 Å². The average molecular weight is 581 g/mol. The van der Waals surface area contributed by atoms with E-state index in [4.69, 9.17) is 19.2 Å². The molecule has 11 heteroatoms. The largest absolute Gasteiger partial charge is 0.479 e. The van der Waals surface area contributed by atoms with Crippen molar-refractivity contribution in [3.05, 3.63) is 64.2 Å². The van der Waals surface area contributed by atoms with Crippen LogP contribution in [0.2, 0.25) is 0 Å². The fourth-order valence-corrected chi connectivity index (χ4v) is 6.18. The molecular weight excluding hydrogens is 549 g/mol. The van der Waals surface area contributed by atoms with Crippen LogP contribution in [0.3, 0.4) is 0 Å². The highest BCUT2D eigenvalue weighted by atomic mass is 32.2. The number of ether oxygens (including phenoxy) is 3. The zero-order valence-corrected chi connectivity index (χ0v) is 23.7. The zero-order chi connectivity index (χ0) is 28.0. The molecule has 1 atom stereocenters. The minimum atomic E-state index is -4.37. The van der Waals surface area contributed by atoms with Gasteiger partial charge in [-0.15, -0.1) is 23.1 Å². The Balaban J connectivity index is 1.50. The molecule has 1 unspecified atom stereocenters. The Bertz CT molecular complexity index is 1260. The fraction of sp³-hybridized carbons (Fsp3) is 0.429. The molecule has 210 valence electrons. The number of nitrogens with zero attached hydrogens (tertiary/aromatic N) is 2. The first-order chi connectivity index (χ1) is 18.6. The maximum absolute atomic E-state index is 13.0. The summed E-state index contributed by atoms with van der Waals surface area (Å²) in [6.45, 7) is 9.26. The van der Waals surface area contributed by atoms with Gasteiger partial charge in [0.15, 0.2) is 6.10 Å². The third-order valence-electron chi connectivity index (χ3n) is 6.15. The van der Waals surface area contributed by atoms with Gasteiger partial charge < -0.3 is 14.2 Å². The van der Waals surface area contributed by atoms with Crippen molar-refractivity contribution in [3.63, 3.8) is 0 Å². The smallest absolute Gasteiger partial charge is 0.416 e. The molecule has 1 fully saturated rings. The number of thioether (sulfide) groups is 1. The van der Waals surface area contributed by atoms with Crippen LogP contribution in [0.15, 0.2) is 47.4 Å². The van der Waals surface area contributed by atoms with E-state index in [1.54, 1.807) is 25.6 Å². The standard InChI is InChI=1S/C28H31F3N2O4S2/c1-4-36-27(34)19(3)37-24-10-9-22(15-18(24)2)38-17-25-23(16-33-11-13-35-14-12-33)32-26(39-25)20-5-7-21(8-6-20)28(29,30)31/h5-10,15,19H,4,11-14,16-17H2,1-3H3. The Labute approximate surface area is 234 Å². The molecule has 1 aromatic heterocycles. The third kappa shape index (κ3) is 7.97. The lowest BCUT2D eigenvalue weighted by atomic mass is 10.1. The number of aryl methyl sites for hydroxylation is 1. The van der Waals surface area contributed by atoms with E-state index in [0.717, 1.165) is 46.3 Å². The minimum absolute atomic E-state index is 0.298. The Morgan fingerprint density at radius 3 is 2.54 bits per heavy atom. The van der Waals surface area contributed by atoms with Gasteiger partial charge in [-0.1, -0.05) is 12.1 Å². The number of aromatic nitrogens is 1. The summed E-state index contributed by atoms with van der Waals surface area (Å²) in [6, 6.07) is 11.0. The molecule has 1 aliphatic rings. The molecule has 3 aromatic rings. The van der Waals surface area contributed by atoms with Gasteiger partial charge in [0.2, 0.25) is 0 Å². The van der Waals surface area contributed by atoms with Crippen LogP contribution in [-0.2, 0) is 32.7 Å². The van der Waals surface area contributed by atoms with Crippen molar-refractivity contribution >= 4 is 29.1 Å². The van der Waals surface area contributed by atoms with E-state index < -0.39 is 23.8 Å². The third-order valence-corrected chi connectivity index (χ3v) is 8.50.